The molecule has 24 heavy (non-hydrogen) atoms. The van der Waals surface area contributed by atoms with Gasteiger partial charge in [-0.25, -0.2) is 4.39 Å². The molecule has 0 radical (unpaired) electrons. The third-order valence-electron chi connectivity index (χ3n) is 4.27. The number of aryl methyl sites for hydroxylation is 1. The number of nitrogens with one attached hydrogen (secondary N) is 2. The SMILES string of the molecule is CC#CC(=O)N[C@H]1C=C(c2c(F)ccc3[nH]c(C)c(Cl)c23)CCC1. The number of halogens is 2. The van der Waals surface area contributed by atoms with Crippen molar-refractivity contribution in [2.45, 2.75) is 39.2 Å². The molecule has 3 rings (SSSR count). The van der Waals surface area contributed by atoms with Crippen LogP contribution in [0.5, 0.6) is 0 Å². The molecule has 2 aromatic rings. The zero-order valence-corrected chi connectivity index (χ0v) is 14.4. The maximum Gasteiger partial charge on any atom is 0.296 e. The Bertz CT molecular complexity index is 901. The van der Waals surface area contributed by atoms with Gasteiger partial charge in [0.25, 0.3) is 5.91 Å². The number of hydrogen-bond donors (Lipinski definition) is 2. The smallest absolute Gasteiger partial charge is 0.296 e. The van der Waals surface area contributed by atoms with Crippen LogP contribution in [0.25, 0.3) is 16.5 Å². The van der Waals surface area contributed by atoms with Gasteiger partial charge in [-0.2, -0.15) is 0 Å². The highest BCUT2D eigenvalue weighted by atomic mass is 35.5. The second-order valence-electron chi connectivity index (χ2n) is 5.95. The van der Waals surface area contributed by atoms with Crippen LogP contribution in [0.3, 0.4) is 0 Å². The maximum atomic E-state index is 14.6. The molecule has 0 spiro atoms. The highest BCUT2D eigenvalue weighted by molar-refractivity contribution is 6.37. The minimum absolute atomic E-state index is 0.143. The van der Waals surface area contributed by atoms with E-state index in [1.165, 1.54) is 6.07 Å². The first-order valence-electron chi connectivity index (χ1n) is 7.92. The van der Waals surface area contributed by atoms with Crippen molar-refractivity contribution < 1.29 is 9.18 Å². The average molecular weight is 345 g/mol. The molecule has 5 heteroatoms. The Balaban J connectivity index is 2.05. The molecule has 0 unspecified atom stereocenters. The molecule has 124 valence electrons. The van der Waals surface area contributed by atoms with E-state index in [9.17, 15) is 9.18 Å². The van der Waals surface area contributed by atoms with Crippen LogP contribution in [0.2, 0.25) is 5.02 Å². The third-order valence-corrected chi connectivity index (χ3v) is 4.74. The van der Waals surface area contributed by atoms with E-state index in [4.69, 9.17) is 11.6 Å². The monoisotopic (exact) mass is 344 g/mol. The summed E-state index contributed by atoms with van der Waals surface area (Å²) in [7, 11) is 0. The fourth-order valence-corrected chi connectivity index (χ4v) is 3.47. The van der Waals surface area contributed by atoms with E-state index in [2.05, 4.69) is 22.1 Å². The van der Waals surface area contributed by atoms with Gasteiger partial charge in [0.05, 0.1) is 5.02 Å². The topological polar surface area (TPSA) is 44.9 Å². The summed E-state index contributed by atoms with van der Waals surface area (Å²) in [5.74, 6) is 4.44. The molecular weight excluding hydrogens is 327 g/mol. The first kappa shape index (κ1) is 16.6. The van der Waals surface area contributed by atoms with Gasteiger partial charge in [0.15, 0.2) is 0 Å². The van der Waals surface area contributed by atoms with E-state index in [0.717, 1.165) is 36.0 Å². The van der Waals surface area contributed by atoms with Gasteiger partial charge >= 0.3 is 0 Å². The zero-order chi connectivity index (χ0) is 17.3. The van der Waals surface area contributed by atoms with E-state index in [-0.39, 0.29) is 17.8 Å². The van der Waals surface area contributed by atoms with Crippen molar-refractivity contribution in [3.8, 4) is 11.8 Å². The Morgan fingerprint density at radius 1 is 1.46 bits per heavy atom. The average Bonchev–Trinajstić information content (AvgIpc) is 2.83. The first-order chi connectivity index (χ1) is 11.5. The molecule has 1 aromatic heterocycles. The van der Waals surface area contributed by atoms with Gasteiger partial charge in [0.2, 0.25) is 0 Å². The number of rotatable bonds is 2. The molecule has 0 saturated carbocycles. The predicted octanol–water partition coefficient (Wildman–Crippen LogP) is 4.34. The lowest BCUT2D eigenvalue weighted by Crippen LogP contribution is -2.33. The fourth-order valence-electron chi connectivity index (χ4n) is 3.23. The van der Waals surface area contributed by atoms with Gasteiger partial charge in [-0.05, 0) is 56.7 Å². The van der Waals surface area contributed by atoms with Crippen LogP contribution < -0.4 is 5.32 Å². The van der Waals surface area contributed by atoms with Crippen LogP contribution in [0.4, 0.5) is 4.39 Å². The van der Waals surface area contributed by atoms with Crippen molar-refractivity contribution in [1.29, 1.82) is 0 Å². The Labute approximate surface area is 145 Å². The summed E-state index contributed by atoms with van der Waals surface area (Å²) in [6.07, 6.45) is 4.36. The summed E-state index contributed by atoms with van der Waals surface area (Å²) in [6.45, 7) is 3.49. The van der Waals surface area contributed by atoms with Crippen LogP contribution in [0.1, 0.15) is 37.4 Å². The Hall–Kier alpha value is -2.25. The fraction of sp³-hybridized carbons (Fsp3) is 0.316. The molecular formula is C19H18ClFN2O. The van der Waals surface area contributed by atoms with Crippen molar-refractivity contribution in [2.24, 2.45) is 0 Å². The van der Waals surface area contributed by atoms with Gasteiger partial charge in [-0.15, -0.1) is 0 Å². The Morgan fingerprint density at radius 3 is 3.00 bits per heavy atom. The molecule has 2 N–H and O–H groups in total. The minimum Gasteiger partial charge on any atom is -0.357 e. The number of aromatic nitrogens is 1. The number of allylic oxidation sites excluding steroid dienone is 1. The zero-order valence-electron chi connectivity index (χ0n) is 13.6. The standard InChI is InChI=1S/C19H18ClFN2O/c1-3-5-16(24)23-13-7-4-6-12(10-13)17-14(21)8-9-15-18(17)19(20)11(2)22-15/h8-10,13,22H,4,6-7H2,1-2H3,(H,23,24)/t13-/m1/s1. The number of amides is 1. The summed E-state index contributed by atoms with van der Waals surface area (Å²) in [6, 6.07) is 3.01. The summed E-state index contributed by atoms with van der Waals surface area (Å²) in [5, 5.41) is 4.11. The Kier molecular flexibility index (Phi) is 4.64. The normalized spacial score (nSPS) is 17.2. The molecule has 0 aliphatic heterocycles. The van der Waals surface area contributed by atoms with Gasteiger partial charge in [0.1, 0.15) is 5.82 Å². The largest absolute Gasteiger partial charge is 0.357 e. The van der Waals surface area contributed by atoms with E-state index in [1.807, 2.05) is 13.0 Å². The van der Waals surface area contributed by atoms with Gasteiger partial charge in [-0.3, -0.25) is 4.79 Å². The van der Waals surface area contributed by atoms with Gasteiger partial charge in [-0.1, -0.05) is 23.6 Å². The number of fused-ring (bicyclic) bond motifs is 1. The number of carbonyl (C=O) groups is 1. The second-order valence-corrected chi connectivity index (χ2v) is 6.33. The quantitative estimate of drug-likeness (QED) is 0.782. The van der Waals surface area contributed by atoms with E-state index < -0.39 is 0 Å². The molecule has 1 aliphatic carbocycles. The molecule has 0 fully saturated rings. The number of carbonyl (C=O) groups excluding carboxylic acids is 1. The van der Waals surface area contributed by atoms with E-state index in [1.54, 1.807) is 13.0 Å². The summed E-state index contributed by atoms with van der Waals surface area (Å²) < 4.78 is 14.6. The van der Waals surface area contributed by atoms with E-state index in [0.29, 0.717) is 16.0 Å². The molecule has 1 aliphatic rings. The van der Waals surface area contributed by atoms with Crippen molar-refractivity contribution in [3.05, 3.63) is 40.3 Å². The molecule has 1 atom stereocenters. The second kappa shape index (κ2) is 6.70. The van der Waals surface area contributed by atoms with Gasteiger partial charge < -0.3 is 10.3 Å². The molecule has 1 heterocycles. The maximum absolute atomic E-state index is 14.6. The lowest BCUT2D eigenvalue weighted by atomic mass is 9.89. The van der Waals surface area contributed by atoms with Crippen molar-refractivity contribution in [3.63, 3.8) is 0 Å². The minimum atomic E-state index is -0.311. The lowest BCUT2D eigenvalue weighted by molar-refractivity contribution is -0.116. The highest BCUT2D eigenvalue weighted by Crippen LogP contribution is 2.38. The van der Waals surface area contributed by atoms with Crippen LogP contribution in [-0.2, 0) is 4.79 Å². The molecule has 0 saturated heterocycles. The number of H-pyrrole nitrogens is 1. The Morgan fingerprint density at radius 2 is 2.25 bits per heavy atom. The number of hydrogen-bond acceptors (Lipinski definition) is 1. The summed E-state index contributed by atoms with van der Waals surface area (Å²) in [5.41, 5.74) is 3.04. The molecule has 3 nitrogen and oxygen atoms in total. The van der Waals surface area contributed by atoms with Crippen molar-refractivity contribution in [2.75, 3.05) is 0 Å². The highest BCUT2D eigenvalue weighted by Gasteiger charge is 2.22. The van der Waals surface area contributed by atoms with Crippen molar-refractivity contribution in [1.82, 2.24) is 10.3 Å². The number of aromatic amines is 1. The van der Waals surface area contributed by atoms with Crippen LogP contribution >= 0.6 is 11.6 Å². The molecule has 1 aromatic carbocycles. The third kappa shape index (κ3) is 3.05. The van der Waals surface area contributed by atoms with Crippen molar-refractivity contribution >= 4 is 34.0 Å². The van der Waals surface area contributed by atoms with E-state index >= 15 is 0 Å². The molecule has 0 bridgehead atoms. The summed E-state index contributed by atoms with van der Waals surface area (Å²) >= 11 is 6.39. The van der Waals surface area contributed by atoms with Gasteiger partial charge in [0, 0.05) is 28.2 Å². The first-order valence-corrected chi connectivity index (χ1v) is 8.29. The summed E-state index contributed by atoms with van der Waals surface area (Å²) in [4.78, 5) is 14.9. The lowest BCUT2D eigenvalue weighted by Gasteiger charge is -2.22. The predicted molar refractivity (Wildman–Crippen MR) is 95.2 cm³/mol. The van der Waals surface area contributed by atoms with Crippen LogP contribution in [0, 0.1) is 24.6 Å². The molecule has 1 amide bonds. The van der Waals surface area contributed by atoms with Crippen LogP contribution in [0.15, 0.2) is 18.2 Å². The van der Waals surface area contributed by atoms with Crippen LogP contribution in [-0.4, -0.2) is 16.9 Å². The number of benzene rings is 1.